The second kappa shape index (κ2) is 6.21. The van der Waals surface area contributed by atoms with E-state index in [1.54, 1.807) is 12.1 Å². The van der Waals surface area contributed by atoms with E-state index in [0.29, 0.717) is 24.9 Å². The van der Waals surface area contributed by atoms with E-state index < -0.39 is 0 Å². The summed E-state index contributed by atoms with van der Waals surface area (Å²) < 4.78 is 10.8. The summed E-state index contributed by atoms with van der Waals surface area (Å²) in [5.74, 6) is 6.36. The summed E-state index contributed by atoms with van der Waals surface area (Å²) >= 11 is 0. The van der Waals surface area contributed by atoms with Gasteiger partial charge in [-0.25, -0.2) is 5.84 Å². The number of nitrogens with two attached hydrogens (primary N) is 1. The third-order valence-corrected chi connectivity index (χ3v) is 1.75. The van der Waals surface area contributed by atoms with Crippen LogP contribution in [0.3, 0.4) is 0 Å². The molecule has 3 N–H and O–H groups in total. The molecule has 0 bridgehead atoms. The molecule has 1 aromatic rings. The van der Waals surface area contributed by atoms with Crippen molar-refractivity contribution >= 4 is 5.82 Å². The van der Waals surface area contributed by atoms with Gasteiger partial charge in [-0.3, -0.25) is 0 Å². The number of pyridine rings is 1. The molecular formula is C10H17N3O2. The van der Waals surface area contributed by atoms with Gasteiger partial charge in [0, 0.05) is 12.7 Å². The first-order valence-electron chi connectivity index (χ1n) is 4.94. The quantitative estimate of drug-likeness (QED) is 0.546. The largest absolute Gasteiger partial charge is 0.472 e. The van der Waals surface area contributed by atoms with E-state index in [1.807, 2.05) is 19.9 Å². The Labute approximate surface area is 89.6 Å². The normalized spacial score (nSPS) is 12.2. The summed E-state index contributed by atoms with van der Waals surface area (Å²) in [6.45, 7) is 5.12. The third-order valence-electron chi connectivity index (χ3n) is 1.75. The van der Waals surface area contributed by atoms with Crippen molar-refractivity contribution in [2.45, 2.75) is 20.0 Å². The number of nitrogen functional groups attached to an aromatic ring is 1. The van der Waals surface area contributed by atoms with Crippen molar-refractivity contribution in [2.24, 2.45) is 5.84 Å². The summed E-state index contributed by atoms with van der Waals surface area (Å²) in [5, 5.41) is 0. The summed E-state index contributed by atoms with van der Waals surface area (Å²) in [4.78, 5) is 4.13. The van der Waals surface area contributed by atoms with E-state index in [-0.39, 0.29) is 6.10 Å². The summed E-state index contributed by atoms with van der Waals surface area (Å²) in [6.07, 6.45) is -0.0227. The van der Waals surface area contributed by atoms with Gasteiger partial charge in [-0.05, 0) is 19.9 Å². The zero-order chi connectivity index (χ0) is 11.1. The summed E-state index contributed by atoms with van der Waals surface area (Å²) in [5.41, 5.74) is 2.46. The van der Waals surface area contributed by atoms with Gasteiger partial charge in [-0.1, -0.05) is 6.07 Å². The number of anilines is 1. The number of hydrogen-bond acceptors (Lipinski definition) is 5. The molecule has 5 heteroatoms. The lowest BCUT2D eigenvalue weighted by Crippen LogP contribution is -2.20. The van der Waals surface area contributed by atoms with E-state index in [0.717, 1.165) is 0 Å². The van der Waals surface area contributed by atoms with Crippen LogP contribution in [0, 0.1) is 0 Å². The fraction of sp³-hybridized carbons (Fsp3) is 0.500. The predicted molar refractivity (Wildman–Crippen MR) is 58.6 cm³/mol. The Balaban J connectivity index is 2.48. The van der Waals surface area contributed by atoms with Crippen LogP contribution >= 0.6 is 0 Å². The topological polar surface area (TPSA) is 69.4 Å². The number of nitrogens with zero attached hydrogens (tertiary/aromatic N) is 1. The highest BCUT2D eigenvalue weighted by Gasteiger charge is 2.04. The van der Waals surface area contributed by atoms with Crippen LogP contribution in [0.15, 0.2) is 18.2 Å². The number of nitrogens with one attached hydrogen (secondary N) is 1. The molecule has 1 unspecified atom stereocenters. The molecule has 1 atom stereocenters. The standard InChI is InChI=1S/C10H17N3O2/c1-3-14-7-8(2)15-10-6-4-5-9(12-10)13-11/h4-6,8H,3,7,11H2,1-2H3,(H,12,13). The first-order valence-corrected chi connectivity index (χ1v) is 4.94. The Hall–Kier alpha value is -1.33. The summed E-state index contributed by atoms with van der Waals surface area (Å²) in [7, 11) is 0. The van der Waals surface area contributed by atoms with E-state index in [9.17, 15) is 0 Å². The van der Waals surface area contributed by atoms with Gasteiger partial charge in [0.2, 0.25) is 5.88 Å². The van der Waals surface area contributed by atoms with Gasteiger partial charge in [0.1, 0.15) is 11.9 Å². The van der Waals surface area contributed by atoms with Crippen LogP contribution in [-0.2, 0) is 4.74 Å². The van der Waals surface area contributed by atoms with Crippen molar-refractivity contribution in [1.82, 2.24) is 4.98 Å². The third kappa shape index (κ3) is 4.14. The number of aromatic nitrogens is 1. The zero-order valence-corrected chi connectivity index (χ0v) is 9.06. The molecule has 0 amide bonds. The average Bonchev–Trinajstić information content (AvgIpc) is 2.26. The Morgan fingerprint density at radius 2 is 2.33 bits per heavy atom. The minimum absolute atomic E-state index is 0.0227. The maximum Gasteiger partial charge on any atom is 0.215 e. The molecule has 5 nitrogen and oxygen atoms in total. The minimum atomic E-state index is -0.0227. The predicted octanol–water partition coefficient (Wildman–Crippen LogP) is 1.17. The second-order valence-corrected chi connectivity index (χ2v) is 3.09. The zero-order valence-electron chi connectivity index (χ0n) is 9.06. The van der Waals surface area contributed by atoms with Gasteiger partial charge in [-0.15, -0.1) is 0 Å². The maximum absolute atomic E-state index is 5.53. The molecule has 1 aromatic heterocycles. The molecule has 0 saturated heterocycles. The molecule has 0 aliphatic rings. The number of hydrazine groups is 1. The lowest BCUT2D eigenvalue weighted by molar-refractivity contribution is 0.0634. The van der Waals surface area contributed by atoms with Crippen LogP contribution in [0.5, 0.6) is 5.88 Å². The van der Waals surface area contributed by atoms with Crippen LogP contribution in [0.2, 0.25) is 0 Å². The molecule has 1 rings (SSSR count). The van der Waals surface area contributed by atoms with Crippen molar-refractivity contribution in [2.75, 3.05) is 18.6 Å². The van der Waals surface area contributed by atoms with Crippen LogP contribution in [0.4, 0.5) is 5.82 Å². The number of hydrogen-bond donors (Lipinski definition) is 2. The lowest BCUT2D eigenvalue weighted by Gasteiger charge is -2.13. The average molecular weight is 211 g/mol. The van der Waals surface area contributed by atoms with Crippen LogP contribution < -0.4 is 16.0 Å². The van der Waals surface area contributed by atoms with E-state index >= 15 is 0 Å². The molecule has 0 aliphatic heterocycles. The van der Waals surface area contributed by atoms with E-state index in [4.69, 9.17) is 15.3 Å². The maximum atomic E-state index is 5.53. The van der Waals surface area contributed by atoms with Gasteiger partial charge in [0.05, 0.1) is 6.61 Å². The molecule has 15 heavy (non-hydrogen) atoms. The lowest BCUT2D eigenvalue weighted by atomic mass is 10.4. The molecular weight excluding hydrogens is 194 g/mol. The molecule has 0 fully saturated rings. The highest BCUT2D eigenvalue weighted by atomic mass is 16.5. The van der Waals surface area contributed by atoms with Gasteiger partial charge in [0.15, 0.2) is 0 Å². The molecule has 0 spiro atoms. The number of ether oxygens (including phenoxy) is 2. The van der Waals surface area contributed by atoms with Crippen molar-refractivity contribution in [1.29, 1.82) is 0 Å². The highest BCUT2D eigenvalue weighted by Crippen LogP contribution is 2.11. The number of rotatable bonds is 6. The first-order chi connectivity index (χ1) is 7.26. The Morgan fingerprint density at radius 3 is 3.00 bits per heavy atom. The molecule has 0 saturated carbocycles. The monoisotopic (exact) mass is 211 g/mol. The molecule has 0 aliphatic carbocycles. The first kappa shape index (κ1) is 11.7. The molecule has 0 aromatic carbocycles. The van der Waals surface area contributed by atoms with E-state index in [1.165, 1.54) is 0 Å². The van der Waals surface area contributed by atoms with Gasteiger partial charge in [0.25, 0.3) is 0 Å². The molecule has 1 heterocycles. The minimum Gasteiger partial charge on any atom is -0.472 e. The van der Waals surface area contributed by atoms with Gasteiger partial charge >= 0.3 is 0 Å². The smallest absolute Gasteiger partial charge is 0.215 e. The van der Waals surface area contributed by atoms with Crippen molar-refractivity contribution in [3.8, 4) is 5.88 Å². The molecule has 84 valence electrons. The van der Waals surface area contributed by atoms with Crippen LogP contribution in [0.1, 0.15) is 13.8 Å². The Kier molecular flexibility index (Phi) is 4.86. The molecule has 0 radical (unpaired) electrons. The highest BCUT2D eigenvalue weighted by molar-refractivity contribution is 5.35. The summed E-state index contributed by atoms with van der Waals surface area (Å²) in [6, 6.07) is 5.37. The SMILES string of the molecule is CCOCC(C)Oc1cccc(NN)n1. The Bertz CT molecular complexity index is 294. The van der Waals surface area contributed by atoms with Crippen LogP contribution in [0.25, 0.3) is 0 Å². The fourth-order valence-electron chi connectivity index (χ4n) is 1.08. The Morgan fingerprint density at radius 1 is 1.53 bits per heavy atom. The fourth-order valence-corrected chi connectivity index (χ4v) is 1.08. The van der Waals surface area contributed by atoms with Crippen molar-refractivity contribution < 1.29 is 9.47 Å². The van der Waals surface area contributed by atoms with E-state index in [2.05, 4.69) is 10.4 Å². The van der Waals surface area contributed by atoms with Crippen LogP contribution in [-0.4, -0.2) is 24.3 Å². The second-order valence-electron chi connectivity index (χ2n) is 3.09. The van der Waals surface area contributed by atoms with Crippen molar-refractivity contribution in [3.63, 3.8) is 0 Å². The van der Waals surface area contributed by atoms with Gasteiger partial charge < -0.3 is 14.9 Å². The van der Waals surface area contributed by atoms with Gasteiger partial charge in [-0.2, -0.15) is 4.98 Å². The van der Waals surface area contributed by atoms with Crippen molar-refractivity contribution in [3.05, 3.63) is 18.2 Å².